The van der Waals surface area contributed by atoms with Gasteiger partial charge >= 0.3 is 0 Å². The van der Waals surface area contributed by atoms with Crippen LogP contribution in [0.4, 0.5) is 0 Å². The Morgan fingerprint density at radius 2 is 1.80 bits per heavy atom. The van der Waals surface area contributed by atoms with Crippen molar-refractivity contribution in [3.63, 3.8) is 0 Å². The molecule has 1 aromatic rings. The van der Waals surface area contributed by atoms with Crippen LogP contribution in [0, 0.1) is 0 Å². The minimum absolute atomic E-state index is 0.0297. The average Bonchev–Trinajstić information content (AvgIpc) is 2.95. The lowest BCUT2D eigenvalue weighted by Crippen LogP contribution is -2.41. The van der Waals surface area contributed by atoms with Gasteiger partial charge < -0.3 is 10.2 Å². The number of benzene rings is 1. The number of amides is 2. The summed E-state index contributed by atoms with van der Waals surface area (Å²) in [5.74, 6) is -0.195. The molecule has 25 heavy (non-hydrogen) atoms. The van der Waals surface area contributed by atoms with E-state index in [0.717, 1.165) is 6.42 Å². The Hall–Kier alpha value is -1.89. The van der Waals surface area contributed by atoms with Crippen molar-refractivity contribution in [1.29, 1.82) is 0 Å². The van der Waals surface area contributed by atoms with Crippen LogP contribution in [-0.4, -0.2) is 55.3 Å². The van der Waals surface area contributed by atoms with Gasteiger partial charge in [-0.15, -0.1) is 0 Å². The van der Waals surface area contributed by atoms with E-state index >= 15 is 0 Å². The highest BCUT2D eigenvalue weighted by Gasteiger charge is 2.34. The van der Waals surface area contributed by atoms with Gasteiger partial charge in [-0.25, -0.2) is 8.42 Å². The van der Waals surface area contributed by atoms with E-state index in [0.29, 0.717) is 24.1 Å². The van der Waals surface area contributed by atoms with Crippen molar-refractivity contribution in [1.82, 2.24) is 10.2 Å². The fourth-order valence-electron chi connectivity index (χ4n) is 2.93. The van der Waals surface area contributed by atoms with Gasteiger partial charge in [0.15, 0.2) is 9.84 Å². The van der Waals surface area contributed by atoms with Crippen molar-refractivity contribution in [2.45, 2.75) is 45.7 Å². The van der Waals surface area contributed by atoms with Crippen LogP contribution in [0.2, 0.25) is 0 Å². The second-order valence-corrected chi connectivity index (χ2v) is 8.74. The normalized spacial score (nSPS) is 20.0. The maximum Gasteiger partial charge on any atom is 0.254 e. The predicted octanol–water partition coefficient (Wildman–Crippen LogP) is 1.86. The summed E-state index contributed by atoms with van der Waals surface area (Å²) >= 11 is 0. The molecule has 0 spiro atoms. The summed E-state index contributed by atoms with van der Waals surface area (Å²) < 4.78 is 23.3. The molecule has 2 unspecified atom stereocenters. The number of carbonyl (C=O) groups is 2. The van der Waals surface area contributed by atoms with Crippen molar-refractivity contribution < 1.29 is 18.0 Å². The largest absolute Gasteiger partial charge is 0.350 e. The first-order chi connectivity index (χ1) is 11.8. The van der Waals surface area contributed by atoms with E-state index in [4.69, 9.17) is 0 Å². The van der Waals surface area contributed by atoms with E-state index in [9.17, 15) is 18.0 Å². The smallest absolute Gasteiger partial charge is 0.254 e. The van der Waals surface area contributed by atoms with Gasteiger partial charge in [0.05, 0.1) is 11.5 Å². The first kappa shape index (κ1) is 19.4. The Balaban J connectivity index is 2.10. The van der Waals surface area contributed by atoms with E-state index in [1.54, 1.807) is 29.2 Å². The van der Waals surface area contributed by atoms with Crippen LogP contribution in [0.15, 0.2) is 24.3 Å². The summed E-state index contributed by atoms with van der Waals surface area (Å²) in [5.41, 5.74) is 0.967. The SMILES string of the molecule is CCC(C)NC(=O)c1ccc(C(=O)N(CC)C2CCS(=O)(=O)C2)cc1. The first-order valence-electron chi connectivity index (χ1n) is 8.69. The zero-order valence-electron chi connectivity index (χ0n) is 15.0. The Bertz CT molecular complexity index is 728. The Labute approximate surface area is 149 Å². The molecule has 2 rings (SSSR count). The van der Waals surface area contributed by atoms with Crippen molar-refractivity contribution in [2.75, 3.05) is 18.1 Å². The quantitative estimate of drug-likeness (QED) is 0.833. The fourth-order valence-corrected chi connectivity index (χ4v) is 4.66. The van der Waals surface area contributed by atoms with E-state index in [-0.39, 0.29) is 35.4 Å². The van der Waals surface area contributed by atoms with E-state index < -0.39 is 9.84 Å². The zero-order valence-corrected chi connectivity index (χ0v) is 15.8. The monoisotopic (exact) mass is 366 g/mol. The highest BCUT2D eigenvalue weighted by molar-refractivity contribution is 7.91. The minimum Gasteiger partial charge on any atom is -0.350 e. The number of hydrogen-bond acceptors (Lipinski definition) is 4. The zero-order chi connectivity index (χ0) is 18.6. The van der Waals surface area contributed by atoms with Gasteiger partial charge in [-0.05, 0) is 51.0 Å². The molecule has 0 bridgehead atoms. The molecule has 0 saturated carbocycles. The molecule has 1 aliphatic heterocycles. The fraction of sp³-hybridized carbons (Fsp3) is 0.556. The van der Waals surface area contributed by atoms with Crippen LogP contribution in [0.1, 0.15) is 54.3 Å². The average molecular weight is 366 g/mol. The topological polar surface area (TPSA) is 83.6 Å². The summed E-state index contributed by atoms with van der Waals surface area (Å²) in [5, 5.41) is 2.88. The van der Waals surface area contributed by atoms with Crippen LogP contribution >= 0.6 is 0 Å². The Morgan fingerprint density at radius 3 is 2.28 bits per heavy atom. The van der Waals surface area contributed by atoms with Crippen molar-refractivity contribution >= 4 is 21.7 Å². The molecule has 1 aliphatic rings. The van der Waals surface area contributed by atoms with E-state index in [2.05, 4.69) is 5.32 Å². The van der Waals surface area contributed by atoms with Gasteiger partial charge in [-0.2, -0.15) is 0 Å². The van der Waals surface area contributed by atoms with Gasteiger partial charge in [0.25, 0.3) is 11.8 Å². The van der Waals surface area contributed by atoms with Crippen LogP contribution in [0.3, 0.4) is 0 Å². The number of nitrogens with zero attached hydrogens (tertiary/aromatic N) is 1. The lowest BCUT2D eigenvalue weighted by atomic mass is 10.1. The molecule has 0 radical (unpaired) electrons. The van der Waals surface area contributed by atoms with Gasteiger partial charge in [0.1, 0.15) is 0 Å². The molecule has 2 amide bonds. The summed E-state index contributed by atoms with van der Waals surface area (Å²) in [6.45, 7) is 6.23. The molecule has 1 aromatic carbocycles. The number of carbonyl (C=O) groups excluding carboxylic acids is 2. The Kier molecular flexibility index (Phi) is 6.21. The van der Waals surface area contributed by atoms with E-state index in [1.165, 1.54) is 0 Å². The number of hydrogen-bond donors (Lipinski definition) is 1. The van der Waals surface area contributed by atoms with Crippen LogP contribution in [-0.2, 0) is 9.84 Å². The van der Waals surface area contributed by atoms with Gasteiger partial charge in [-0.3, -0.25) is 9.59 Å². The molecule has 1 fully saturated rings. The predicted molar refractivity (Wildman–Crippen MR) is 97.4 cm³/mol. The van der Waals surface area contributed by atoms with Gasteiger partial charge in [-0.1, -0.05) is 6.92 Å². The molecule has 6 nitrogen and oxygen atoms in total. The summed E-state index contributed by atoms with van der Waals surface area (Å²) in [6.07, 6.45) is 1.33. The second-order valence-electron chi connectivity index (χ2n) is 6.51. The summed E-state index contributed by atoms with van der Waals surface area (Å²) in [7, 11) is -3.05. The third kappa shape index (κ3) is 4.81. The molecule has 1 saturated heterocycles. The molecule has 7 heteroatoms. The molecular weight excluding hydrogens is 340 g/mol. The number of nitrogens with one attached hydrogen (secondary N) is 1. The third-order valence-electron chi connectivity index (χ3n) is 4.63. The van der Waals surface area contributed by atoms with Gasteiger partial charge in [0.2, 0.25) is 0 Å². The molecule has 2 atom stereocenters. The van der Waals surface area contributed by atoms with Crippen LogP contribution in [0.5, 0.6) is 0 Å². The van der Waals surface area contributed by atoms with Crippen molar-refractivity contribution in [3.8, 4) is 0 Å². The maximum atomic E-state index is 12.7. The van der Waals surface area contributed by atoms with Crippen molar-refractivity contribution in [2.24, 2.45) is 0 Å². The molecule has 0 aliphatic carbocycles. The van der Waals surface area contributed by atoms with Gasteiger partial charge in [0, 0.05) is 29.8 Å². The van der Waals surface area contributed by atoms with E-state index in [1.807, 2.05) is 20.8 Å². The molecule has 0 aromatic heterocycles. The minimum atomic E-state index is -3.05. The third-order valence-corrected chi connectivity index (χ3v) is 6.38. The first-order valence-corrected chi connectivity index (χ1v) is 10.5. The molecule has 1 heterocycles. The molecular formula is C18H26N2O4S. The number of rotatable bonds is 6. The summed E-state index contributed by atoms with van der Waals surface area (Å²) in [6, 6.07) is 6.33. The van der Waals surface area contributed by atoms with Crippen molar-refractivity contribution in [3.05, 3.63) is 35.4 Å². The lowest BCUT2D eigenvalue weighted by Gasteiger charge is -2.27. The highest BCUT2D eigenvalue weighted by atomic mass is 32.2. The van der Waals surface area contributed by atoms with Crippen LogP contribution < -0.4 is 5.32 Å². The highest BCUT2D eigenvalue weighted by Crippen LogP contribution is 2.20. The molecule has 138 valence electrons. The summed E-state index contributed by atoms with van der Waals surface area (Å²) in [4.78, 5) is 26.4. The number of sulfone groups is 1. The second kappa shape index (κ2) is 7.99. The standard InChI is InChI=1S/C18H26N2O4S/c1-4-13(3)19-17(21)14-6-8-15(9-7-14)18(22)20(5-2)16-10-11-25(23,24)12-16/h6-9,13,16H,4-5,10-12H2,1-3H3,(H,19,21). The lowest BCUT2D eigenvalue weighted by molar-refractivity contribution is 0.0707. The van der Waals surface area contributed by atoms with Crippen LogP contribution in [0.25, 0.3) is 0 Å². The maximum absolute atomic E-state index is 12.7. The molecule has 1 N–H and O–H groups in total. The Morgan fingerprint density at radius 1 is 1.20 bits per heavy atom.